The van der Waals surface area contributed by atoms with E-state index in [1.165, 1.54) is 13.0 Å². The van der Waals surface area contributed by atoms with Gasteiger partial charge in [0.1, 0.15) is 14.7 Å². The Kier molecular flexibility index (Phi) is 3.91. The second kappa shape index (κ2) is 5.55. The van der Waals surface area contributed by atoms with Gasteiger partial charge in [0.05, 0.1) is 12.6 Å². The first-order chi connectivity index (χ1) is 11.2. The fraction of sp³-hybridized carbons (Fsp3) is 0.500. The van der Waals surface area contributed by atoms with Crippen molar-refractivity contribution in [3.05, 3.63) is 16.4 Å². The second-order valence-corrected chi connectivity index (χ2v) is 8.88. The van der Waals surface area contributed by atoms with E-state index in [2.05, 4.69) is 26.2 Å². The number of carbonyl (C=O) groups excluding carboxylic acids is 1. The highest BCUT2D eigenvalue weighted by Gasteiger charge is 2.69. The molecule has 24 heavy (non-hydrogen) atoms. The number of aromatic nitrogens is 1. The number of carbonyl (C=O) groups is 2. The Bertz CT molecular complexity index is 835. The van der Waals surface area contributed by atoms with Gasteiger partial charge in [0, 0.05) is 6.07 Å². The number of oxime groups is 1. The number of rotatable bonds is 5. The summed E-state index contributed by atoms with van der Waals surface area (Å²) in [5, 5.41) is 15.4. The van der Waals surface area contributed by atoms with Gasteiger partial charge in [-0.3, -0.25) is 4.79 Å². The van der Waals surface area contributed by atoms with E-state index in [0.717, 1.165) is 11.1 Å². The van der Waals surface area contributed by atoms with Gasteiger partial charge in [0.2, 0.25) is 5.91 Å². The molecule has 1 amide bonds. The van der Waals surface area contributed by atoms with Crippen molar-refractivity contribution in [2.24, 2.45) is 5.16 Å². The summed E-state index contributed by atoms with van der Waals surface area (Å²) in [6.07, 6.45) is 0.695. The molecule has 0 radical (unpaired) electrons. The SMILES string of the molecule is C[C@]1(/C=N/OCc2cc(Br)no2)[C@H](C(=O)O)N2C(=O)C[C@H]2S1(=O)=O. The number of nitrogens with zero attached hydrogens (tertiary/aromatic N) is 3. The predicted molar refractivity (Wildman–Crippen MR) is 81.5 cm³/mol. The third-order valence-electron chi connectivity index (χ3n) is 4.09. The highest BCUT2D eigenvalue weighted by molar-refractivity contribution is 9.10. The maximum Gasteiger partial charge on any atom is 0.328 e. The van der Waals surface area contributed by atoms with Gasteiger partial charge in [-0.2, -0.15) is 0 Å². The Morgan fingerprint density at radius 1 is 1.71 bits per heavy atom. The van der Waals surface area contributed by atoms with Crippen LogP contribution in [-0.2, 0) is 30.9 Å². The summed E-state index contributed by atoms with van der Waals surface area (Å²) in [6.45, 7) is 1.10. The number of halogens is 1. The lowest BCUT2D eigenvalue weighted by molar-refractivity contribution is -0.156. The van der Waals surface area contributed by atoms with Crippen LogP contribution in [0.2, 0.25) is 0 Å². The van der Waals surface area contributed by atoms with E-state index in [-0.39, 0.29) is 13.0 Å². The molecule has 1 aromatic heterocycles. The second-order valence-electron chi connectivity index (χ2n) is 5.55. The molecule has 10 nitrogen and oxygen atoms in total. The van der Waals surface area contributed by atoms with Gasteiger partial charge in [0.25, 0.3) is 0 Å². The molecule has 0 saturated carbocycles. The van der Waals surface area contributed by atoms with Crippen LogP contribution in [0.15, 0.2) is 20.3 Å². The zero-order valence-electron chi connectivity index (χ0n) is 12.2. The summed E-state index contributed by atoms with van der Waals surface area (Å²) in [7, 11) is -3.94. The molecule has 2 aliphatic heterocycles. The smallest absolute Gasteiger partial charge is 0.328 e. The van der Waals surface area contributed by atoms with Crippen molar-refractivity contribution in [2.75, 3.05) is 0 Å². The highest BCUT2D eigenvalue weighted by Crippen LogP contribution is 2.45. The minimum Gasteiger partial charge on any atom is -0.480 e. The molecule has 2 fully saturated rings. The molecule has 0 aliphatic carbocycles. The Hall–Kier alpha value is -1.95. The van der Waals surface area contributed by atoms with Crippen molar-refractivity contribution in [1.82, 2.24) is 10.1 Å². The lowest BCUT2D eigenvalue weighted by Gasteiger charge is -2.35. The van der Waals surface area contributed by atoms with Gasteiger partial charge < -0.3 is 19.4 Å². The minimum absolute atomic E-state index is 0.116. The normalized spacial score (nSPS) is 31.1. The molecule has 1 N–H and O–H groups in total. The van der Waals surface area contributed by atoms with Gasteiger partial charge in [-0.05, 0) is 22.9 Å². The van der Waals surface area contributed by atoms with E-state index in [9.17, 15) is 23.1 Å². The number of carboxylic acid groups (broad SMARTS) is 1. The number of aliphatic carboxylic acids is 1. The largest absolute Gasteiger partial charge is 0.480 e. The van der Waals surface area contributed by atoms with Crippen molar-refractivity contribution in [2.45, 2.75) is 36.1 Å². The molecule has 0 spiro atoms. The summed E-state index contributed by atoms with van der Waals surface area (Å²) in [6, 6.07) is -0.00527. The van der Waals surface area contributed by atoms with Crippen LogP contribution >= 0.6 is 15.9 Å². The number of carboxylic acids is 1. The van der Waals surface area contributed by atoms with Crippen molar-refractivity contribution in [3.63, 3.8) is 0 Å². The molecule has 0 bridgehead atoms. The number of β-lactam (4-membered cyclic amide) rings is 1. The van der Waals surface area contributed by atoms with Gasteiger partial charge in [-0.1, -0.05) is 10.3 Å². The Balaban J connectivity index is 1.82. The van der Waals surface area contributed by atoms with Gasteiger partial charge in [-0.25, -0.2) is 13.2 Å². The monoisotopic (exact) mass is 421 g/mol. The van der Waals surface area contributed by atoms with Gasteiger partial charge in [-0.15, -0.1) is 0 Å². The van der Waals surface area contributed by atoms with Crippen LogP contribution < -0.4 is 0 Å². The molecule has 1 aromatic rings. The standard InChI is InChI=1S/C12H12BrN3O7S/c1-12(5-14-22-4-6-2-7(13)15-23-6)10(11(18)19)16-8(17)3-9(16)24(12,20)21/h2,5,9-10H,3-4H2,1H3,(H,18,19)/b14-5+/t9-,10+,12+/m1/s1. The first-order valence-corrected chi connectivity index (χ1v) is 9.07. The molecule has 2 saturated heterocycles. The molecule has 0 unspecified atom stereocenters. The first-order valence-electron chi connectivity index (χ1n) is 6.73. The maximum atomic E-state index is 12.6. The Morgan fingerprint density at radius 3 is 2.96 bits per heavy atom. The number of hydrogen-bond donors (Lipinski definition) is 1. The highest BCUT2D eigenvalue weighted by atomic mass is 79.9. The average Bonchev–Trinajstić information content (AvgIpc) is 2.95. The van der Waals surface area contributed by atoms with Gasteiger partial charge in [0.15, 0.2) is 28.2 Å². The first kappa shape index (κ1) is 16.9. The van der Waals surface area contributed by atoms with Crippen molar-refractivity contribution in [1.29, 1.82) is 0 Å². The topological polar surface area (TPSA) is 139 Å². The Labute approximate surface area is 144 Å². The van der Waals surface area contributed by atoms with Crippen LogP contribution in [0.3, 0.4) is 0 Å². The van der Waals surface area contributed by atoms with Crippen LogP contribution in [-0.4, -0.2) is 57.8 Å². The molecular formula is C12H12BrN3O7S. The summed E-state index contributed by atoms with van der Waals surface area (Å²) >= 11 is 3.09. The summed E-state index contributed by atoms with van der Waals surface area (Å²) in [5.74, 6) is -1.59. The van der Waals surface area contributed by atoms with Crippen LogP contribution in [0.1, 0.15) is 19.1 Å². The van der Waals surface area contributed by atoms with E-state index >= 15 is 0 Å². The van der Waals surface area contributed by atoms with Gasteiger partial charge >= 0.3 is 5.97 Å². The number of hydrogen-bond acceptors (Lipinski definition) is 8. The van der Waals surface area contributed by atoms with Crippen LogP contribution in [0.25, 0.3) is 0 Å². The van der Waals surface area contributed by atoms with E-state index in [4.69, 9.17) is 9.36 Å². The molecule has 0 aromatic carbocycles. The van der Waals surface area contributed by atoms with Crippen molar-refractivity contribution >= 4 is 43.9 Å². The summed E-state index contributed by atoms with van der Waals surface area (Å²) < 4.78 is 28.6. The molecule has 130 valence electrons. The third-order valence-corrected chi connectivity index (χ3v) is 7.13. The molecule has 3 rings (SSSR count). The molecule has 12 heteroatoms. The summed E-state index contributed by atoms with van der Waals surface area (Å²) in [4.78, 5) is 29.0. The quantitative estimate of drug-likeness (QED) is 0.402. The predicted octanol–water partition coefficient (Wildman–Crippen LogP) is 0.138. The van der Waals surface area contributed by atoms with E-state index in [0.29, 0.717) is 10.4 Å². The van der Waals surface area contributed by atoms with E-state index in [1.54, 1.807) is 0 Å². The minimum atomic E-state index is -3.94. The van der Waals surface area contributed by atoms with Crippen LogP contribution in [0, 0.1) is 0 Å². The lowest BCUT2D eigenvalue weighted by Crippen LogP contribution is -2.57. The van der Waals surface area contributed by atoms with E-state index < -0.39 is 37.9 Å². The van der Waals surface area contributed by atoms with Crippen LogP contribution in [0.4, 0.5) is 0 Å². The fourth-order valence-electron chi connectivity index (χ4n) is 2.80. The maximum absolute atomic E-state index is 12.6. The van der Waals surface area contributed by atoms with Crippen LogP contribution in [0.5, 0.6) is 0 Å². The molecule has 3 atom stereocenters. The lowest BCUT2D eigenvalue weighted by atomic mass is 9.98. The number of fused-ring (bicyclic) bond motifs is 1. The van der Waals surface area contributed by atoms with Crippen molar-refractivity contribution < 1.29 is 32.5 Å². The zero-order chi connectivity index (χ0) is 17.7. The average molecular weight is 422 g/mol. The number of amides is 1. The Morgan fingerprint density at radius 2 is 2.42 bits per heavy atom. The number of sulfone groups is 1. The summed E-state index contributed by atoms with van der Waals surface area (Å²) in [5.41, 5.74) is 0. The molecule has 2 aliphatic rings. The molecular weight excluding hydrogens is 410 g/mol. The molecule has 3 heterocycles. The zero-order valence-corrected chi connectivity index (χ0v) is 14.7. The van der Waals surface area contributed by atoms with E-state index in [1.807, 2.05) is 0 Å². The fourth-order valence-corrected chi connectivity index (χ4v) is 5.33. The third kappa shape index (κ3) is 2.32. The van der Waals surface area contributed by atoms with Crippen molar-refractivity contribution in [3.8, 4) is 0 Å².